The second-order valence-electron chi connectivity index (χ2n) is 7.27. The predicted octanol–water partition coefficient (Wildman–Crippen LogP) is 4.17. The minimum atomic E-state index is -0.326. The molecule has 0 bridgehead atoms. The van der Waals surface area contributed by atoms with Gasteiger partial charge in [-0.25, -0.2) is 0 Å². The van der Waals surface area contributed by atoms with Gasteiger partial charge in [-0.2, -0.15) is 0 Å². The fraction of sp³-hybridized carbons (Fsp3) is 0.200. The summed E-state index contributed by atoms with van der Waals surface area (Å²) in [5.74, 6) is -0.178. The zero-order valence-electron chi connectivity index (χ0n) is 17.6. The number of anilines is 1. The van der Waals surface area contributed by atoms with Crippen LogP contribution in [0.3, 0.4) is 0 Å². The molecule has 0 heterocycles. The molecule has 0 spiro atoms. The van der Waals surface area contributed by atoms with E-state index in [2.05, 4.69) is 10.6 Å². The van der Waals surface area contributed by atoms with Crippen LogP contribution in [-0.4, -0.2) is 36.9 Å². The molecule has 0 aliphatic carbocycles. The lowest BCUT2D eigenvalue weighted by molar-refractivity contribution is -0.120. The highest BCUT2D eigenvalue weighted by atomic mass is 16.2. The molecule has 1 atom stereocenters. The molecule has 154 valence electrons. The number of para-hydroxylation sites is 1. The fourth-order valence-electron chi connectivity index (χ4n) is 3.23. The molecule has 0 aliphatic heterocycles. The van der Waals surface area contributed by atoms with Gasteiger partial charge in [0.05, 0.1) is 6.04 Å². The predicted molar refractivity (Wildman–Crippen MR) is 121 cm³/mol. The molecule has 3 aromatic carbocycles. The van der Waals surface area contributed by atoms with Crippen molar-refractivity contribution in [3.63, 3.8) is 0 Å². The van der Waals surface area contributed by atoms with Crippen LogP contribution in [0.4, 0.5) is 5.69 Å². The summed E-state index contributed by atoms with van der Waals surface area (Å²) in [6.07, 6.45) is 0. The molecule has 0 saturated heterocycles. The topological polar surface area (TPSA) is 61.4 Å². The van der Waals surface area contributed by atoms with E-state index in [1.54, 1.807) is 19.2 Å². The summed E-state index contributed by atoms with van der Waals surface area (Å²) in [4.78, 5) is 26.6. The zero-order valence-corrected chi connectivity index (χ0v) is 17.6. The summed E-state index contributed by atoms with van der Waals surface area (Å²) in [6, 6.07) is 24.9. The first kappa shape index (κ1) is 21.3. The fourth-order valence-corrected chi connectivity index (χ4v) is 3.23. The van der Waals surface area contributed by atoms with Crippen LogP contribution in [0.15, 0.2) is 78.9 Å². The van der Waals surface area contributed by atoms with Gasteiger partial charge in [0.15, 0.2) is 0 Å². The molecule has 0 aromatic heterocycles. The van der Waals surface area contributed by atoms with Crippen molar-refractivity contribution in [1.82, 2.24) is 10.2 Å². The Morgan fingerprint density at radius 2 is 1.53 bits per heavy atom. The molecule has 3 rings (SSSR count). The third kappa shape index (κ3) is 5.13. The summed E-state index contributed by atoms with van der Waals surface area (Å²) in [5.41, 5.74) is 4.50. The SMILES string of the molecule is CNC(=O)c1ccc(CN(C)C(C)C(=O)Nc2ccccc2-c2ccccc2)cc1. The molecule has 2 amide bonds. The number of hydrogen-bond acceptors (Lipinski definition) is 3. The van der Waals surface area contributed by atoms with Crippen molar-refractivity contribution < 1.29 is 9.59 Å². The first-order valence-corrected chi connectivity index (χ1v) is 9.96. The highest BCUT2D eigenvalue weighted by molar-refractivity contribution is 5.98. The summed E-state index contributed by atoms with van der Waals surface area (Å²) in [7, 11) is 3.53. The van der Waals surface area contributed by atoms with Gasteiger partial charge in [0.25, 0.3) is 5.91 Å². The Morgan fingerprint density at radius 3 is 2.20 bits per heavy atom. The molecule has 5 nitrogen and oxygen atoms in total. The third-order valence-electron chi connectivity index (χ3n) is 5.19. The lowest BCUT2D eigenvalue weighted by Gasteiger charge is -2.24. The number of benzene rings is 3. The number of hydrogen-bond donors (Lipinski definition) is 2. The molecule has 0 radical (unpaired) electrons. The highest BCUT2D eigenvalue weighted by Gasteiger charge is 2.19. The molecule has 2 N–H and O–H groups in total. The minimum absolute atomic E-state index is 0.0668. The van der Waals surface area contributed by atoms with E-state index in [-0.39, 0.29) is 17.9 Å². The van der Waals surface area contributed by atoms with Gasteiger partial charge in [-0.05, 0) is 43.3 Å². The smallest absolute Gasteiger partial charge is 0.251 e. The van der Waals surface area contributed by atoms with Crippen molar-refractivity contribution in [2.24, 2.45) is 0 Å². The van der Waals surface area contributed by atoms with E-state index in [9.17, 15) is 9.59 Å². The first-order chi connectivity index (χ1) is 14.5. The van der Waals surface area contributed by atoms with Gasteiger partial charge in [0, 0.05) is 30.4 Å². The Morgan fingerprint density at radius 1 is 0.900 bits per heavy atom. The molecule has 1 unspecified atom stereocenters. The number of amides is 2. The van der Waals surface area contributed by atoms with Crippen LogP contribution in [0.1, 0.15) is 22.8 Å². The van der Waals surface area contributed by atoms with Crippen LogP contribution in [-0.2, 0) is 11.3 Å². The maximum Gasteiger partial charge on any atom is 0.251 e. The maximum atomic E-state index is 12.9. The third-order valence-corrected chi connectivity index (χ3v) is 5.19. The van der Waals surface area contributed by atoms with E-state index < -0.39 is 0 Å². The lowest BCUT2D eigenvalue weighted by atomic mass is 10.0. The molecular weight excluding hydrogens is 374 g/mol. The quantitative estimate of drug-likeness (QED) is 0.625. The molecular formula is C25H27N3O2. The van der Waals surface area contributed by atoms with Gasteiger partial charge in [0.2, 0.25) is 5.91 Å². The maximum absolute atomic E-state index is 12.9. The molecule has 5 heteroatoms. The Bertz CT molecular complexity index is 1000. The van der Waals surface area contributed by atoms with Crippen LogP contribution in [0.2, 0.25) is 0 Å². The number of rotatable bonds is 7. The van der Waals surface area contributed by atoms with Crippen molar-refractivity contribution >= 4 is 17.5 Å². The second kappa shape index (κ2) is 9.85. The molecule has 30 heavy (non-hydrogen) atoms. The summed E-state index contributed by atoms with van der Waals surface area (Å²) in [5, 5.41) is 5.69. The number of carbonyl (C=O) groups excluding carboxylic acids is 2. The number of nitrogens with zero attached hydrogens (tertiary/aromatic N) is 1. The van der Waals surface area contributed by atoms with E-state index in [4.69, 9.17) is 0 Å². The van der Waals surface area contributed by atoms with Gasteiger partial charge >= 0.3 is 0 Å². The standard InChI is InChI=1S/C25H27N3O2/c1-18(28(3)17-19-13-15-21(16-14-19)25(30)26-2)24(29)27-23-12-8-7-11-22(23)20-9-5-4-6-10-20/h4-16,18H,17H2,1-3H3,(H,26,30)(H,27,29). The largest absolute Gasteiger partial charge is 0.355 e. The van der Waals surface area contributed by atoms with Gasteiger partial charge in [-0.15, -0.1) is 0 Å². The Labute approximate surface area is 177 Å². The average Bonchev–Trinajstić information content (AvgIpc) is 2.79. The zero-order chi connectivity index (χ0) is 21.5. The van der Waals surface area contributed by atoms with Crippen LogP contribution in [0, 0.1) is 0 Å². The van der Waals surface area contributed by atoms with Gasteiger partial charge < -0.3 is 10.6 Å². The Kier molecular flexibility index (Phi) is 6.99. The second-order valence-corrected chi connectivity index (χ2v) is 7.27. The monoisotopic (exact) mass is 401 g/mol. The number of nitrogens with one attached hydrogen (secondary N) is 2. The van der Waals surface area contributed by atoms with Crippen molar-refractivity contribution in [1.29, 1.82) is 0 Å². The van der Waals surface area contributed by atoms with E-state index in [0.717, 1.165) is 22.4 Å². The van der Waals surface area contributed by atoms with E-state index >= 15 is 0 Å². The minimum Gasteiger partial charge on any atom is -0.355 e. The molecule has 0 aliphatic rings. The van der Waals surface area contributed by atoms with Gasteiger partial charge in [-0.1, -0.05) is 60.7 Å². The van der Waals surface area contributed by atoms with Crippen LogP contribution in [0.25, 0.3) is 11.1 Å². The normalized spacial score (nSPS) is 11.7. The Hall–Kier alpha value is -3.44. The lowest BCUT2D eigenvalue weighted by Crippen LogP contribution is -2.39. The molecule has 0 saturated carbocycles. The highest BCUT2D eigenvalue weighted by Crippen LogP contribution is 2.27. The molecule has 0 fully saturated rings. The van der Waals surface area contributed by atoms with Crippen molar-refractivity contribution in [3.05, 3.63) is 90.0 Å². The van der Waals surface area contributed by atoms with Gasteiger partial charge in [0.1, 0.15) is 0 Å². The van der Waals surface area contributed by atoms with Crippen molar-refractivity contribution in [3.8, 4) is 11.1 Å². The van der Waals surface area contributed by atoms with Crippen LogP contribution < -0.4 is 10.6 Å². The van der Waals surface area contributed by atoms with Gasteiger partial charge in [-0.3, -0.25) is 14.5 Å². The number of likely N-dealkylation sites (N-methyl/N-ethyl adjacent to an activating group) is 1. The molecule has 3 aromatic rings. The summed E-state index contributed by atoms with van der Waals surface area (Å²) < 4.78 is 0. The van der Waals surface area contributed by atoms with Crippen LogP contribution in [0.5, 0.6) is 0 Å². The number of carbonyl (C=O) groups is 2. The Balaban J connectivity index is 1.67. The van der Waals surface area contributed by atoms with E-state index in [1.165, 1.54) is 0 Å². The van der Waals surface area contributed by atoms with Crippen molar-refractivity contribution in [2.45, 2.75) is 19.5 Å². The van der Waals surface area contributed by atoms with E-state index in [0.29, 0.717) is 12.1 Å². The van der Waals surface area contributed by atoms with Crippen LogP contribution >= 0.6 is 0 Å². The average molecular weight is 402 g/mol. The summed E-state index contributed by atoms with van der Waals surface area (Å²) >= 11 is 0. The summed E-state index contributed by atoms with van der Waals surface area (Å²) in [6.45, 7) is 2.49. The first-order valence-electron chi connectivity index (χ1n) is 9.96. The van der Waals surface area contributed by atoms with Crippen molar-refractivity contribution in [2.75, 3.05) is 19.4 Å². The van der Waals surface area contributed by atoms with E-state index in [1.807, 2.05) is 85.6 Å².